The molecule has 0 aliphatic rings. The van der Waals surface area contributed by atoms with Gasteiger partial charge in [0.1, 0.15) is 11.4 Å². The molecule has 0 aromatic carbocycles. The summed E-state index contributed by atoms with van der Waals surface area (Å²) in [5.41, 5.74) is 0.733. The second-order valence-corrected chi connectivity index (χ2v) is 5.03. The molecule has 98 valence electrons. The number of hydrogen-bond acceptors (Lipinski definition) is 5. The predicted molar refractivity (Wildman–Crippen MR) is 70.7 cm³/mol. The molecular weight excluding hydrogens is 266 g/mol. The van der Waals surface area contributed by atoms with Gasteiger partial charge in [0.25, 0.3) is 5.91 Å². The molecule has 6 nitrogen and oxygen atoms in total. The first-order valence-electron chi connectivity index (χ1n) is 5.43. The SMILES string of the molecule is Cc1nc(NC(=O)c2cccc(C(=O)O)n2)sc1C. The van der Waals surface area contributed by atoms with E-state index in [-0.39, 0.29) is 11.4 Å². The Labute approximate surface area is 113 Å². The zero-order valence-corrected chi connectivity index (χ0v) is 11.1. The molecule has 2 aromatic heterocycles. The summed E-state index contributed by atoms with van der Waals surface area (Å²) in [5, 5.41) is 11.9. The molecule has 0 aliphatic heterocycles. The van der Waals surface area contributed by atoms with Crippen LogP contribution >= 0.6 is 11.3 Å². The largest absolute Gasteiger partial charge is 0.477 e. The van der Waals surface area contributed by atoms with Crippen LogP contribution in [0, 0.1) is 13.8 Å². The zero-order chi connectivity index (χ0) is 14.0. The minimum atomic E-state index is -1.17. The van der Waals surface area contributed by atoms with Crippen LogP contribution < -0.4 is 5.32 Å². The van der Waals surface area contributed by atoms with Gasteiger partial charge < -0.3 is 5.11 Å². The third kappa shape index (κ3) is 2.94. The third-order valence-electron chi connectivity index (χ3n) is 2.45. The molecule has 2 heterocycles. The summed E-state index contributed by atoms with van der Waals surface area (Å²) in [5.74, 6) is -1.65. The van der Waals surface area contributed by atoms with Crippen LogP contribution in [0.15, 0.2) is 18.2 Å². The number of carboxylic acid groups (broad SMARTS) is 1. The Balaban J connectivity index is 2.20. The number of thiazole rings is 1. The Morgan fingerprint density at radius 1 is 1.21 bits per heavy atom. The second-order valence-electron chi connectivity index (χ2n) is 3.83. The van der Waals surface area contributed by atoms with Gasteiger partial charge in [-0.15, -0.1) is 11.3 Å². The number of carbonyl (C=O) groups is 2. The number of pyridine rings is 1. The van der Waals surface area contributed by atoms with E-state index in [4.69, 9.17) is 5.11 Å². The number of rotatable bonds is 3. The number of aromatic carboxylic acids is 1. The lowest BCUT2D eigenvalue weighted by Gasteiger charge is -2.01. The molecule has 0 saturated carbocycles. The van der Waals surface area contributed by atoms with Crippen LogP contribution in [0.1, 0.15) is 31.5 Å². The van der Waals surface area contributed by atoms with Gasteiger partial charge in [0.05, 0.1) is 5.69 Å². The van der Waals surface area contributed by atoms with Crippen LogP contribution in [0.2, 0.25) is 0 Å². The maximum Gasteiger partial charge on any atom is 0.354 e. The van der Waals surface area contributed by atoms with Crippen molar-refractivity contribution in [3.8, 4) is 0 Å². The fraction of sp³-hybridized carbons (Fsp3) is 0.167. The average molecular weight is 277 g/mol. The minimum Gasteiger partial charge on any atom is -0.477 e. The van der Waals surface area contributed by atoms with Gasteiger partial charge in [0.2, 0.25) is 0 Å². The first-order valence-corrected chi connectivity index (χ1v) is 6.25. The van der Waals surface area contributed by atoms with E-state index in [0.717, 1.165) is 10.6 Å². The van der Waals surface area contributed by atoms with Crippen molar-refractivity contribution < 1.29 is 14.7 Å². The Morgan fingerprint density at radius 3 is 2.47 bits per heavy atom. The van der Waals surface area contributed by atoms with Crippen molar-refractivity contribution in [2.45, 2.75) is 13.8 Å². The molecule has 0 spiro atoms. The number of hydrogen-bond donors (Lipinski definition) is 2. The second kappa shape index (κ2) is 5.15. The van der Waals surface area contributed by atoms with Gasteiger partial charge in [-0.05, 0) is 26.0 Å². The van der Waals surface area contributed by atoms with Gasteiger partial charge in [-0.3, -0.25) is 10.1 Å². The van der Waals surface area contributed by atoms with Crippen molar-refractivity contribution >= 4 is 28.3 Å². The quantitative estimate of drug-likeness (QED) is 0.896. The fourth-order valence-corrected chi connectivity index (χ4v) is 2.18. The van der Waals surface area contributed by atoms with Crippen LogP contribution in [0.5, 0.6) is 0 Å². The number of aromatic nitrogens is 2. The standard InChI is InChI=1S/C12H11N3O3S/c1-6-7(2)19-12(13-6)15-10(16)8-4-3-5-9(14-8)11(17)18/h3-5H,1-2H3,(H,17,18)(H,13,15,16). The van der Waals surface area contributed by atoms with E-state index in [0.29, 0.717) is 5.13 Å². The minimum absolute atomic E-state index is 0.0467. The predicted octanol–water partition coefficient (Wildman–Crippen LogP) is 2.11. The Kier molecular flexibility index (Phi) is 3.57. The first-order chi connectivity index (χ1) is 8.97. The normalized spacial score (nSPS) is 10.2. The van der Waals surface area contributed by atoms with E-state index in [1.54, 1.807) is 0 Å². The number of anilines is 1. The van der Waals surface area contributed by atoms with Crippen molar-refractivity contribution in [3.63, 3.8) is 0 Å². The summed E-state index contributed by atoms with van der Waals surface area (Å²) in [4.78, 5) is 31.6. The highest BCUT2D eigenvalue weighted by Gasteiger charge is 2.13. The average Bonchev–Trinajstić information content (AvgIpc) is 2.68. The van der Waals surface area contributed by atoms with Crippen LogP contribution in [0.3, 0.4) is 0 Å². The molecule has 0 unspecified atom stereocenters. The number of nitrogens with one attached hydrogen (secondary N) is 1. The Hall–Kier alpha value is -2.28. The Bertz CT molecular complexity index is 632. The number of aryl methyl sites for hydroxylation is 2. The van der Waals surface area contributed by atoms with E-state index >= 15 is 0 Å². The maximum atomic E-state index is 11.9. The molecule has 2 rings (SSSR count). The topological polar surface area (TPSA) is 92.2 Å². The molecule has 1 amide bonds. The summed E-state index contributed by atoms with van der Waals surface area (Å²) in [6.07, 6.45) is 0. The van der Waals surface area contributed by atoms with Gasteiger partial charge in [0.15, 0.2) is 5.13 Å². The van der Waals surface area contributed by atoms with E-state index in [9.17, 15) is 9.59 Å². The molecule has 0 aliphatic carbocycles. The van der Waals surface area contributed by atoms with Crippen LogP contribution in [0.25, 0.3) is 0 Å². The molecule has 2 aromatic rings. The Morgan fingerprint density at radius 2 is 1.89 bits per heavy atom. The summed E-state index contributed by atoms with van der Waals surface area (Å²) >= 11 is 1.36. The number of amides is 1. The van der Waals surface area contributed by atoms with E-state index in [1.807, 2.05) is 13.8 Å². The highest BCUT2D eigenvalue weighted by Crippen LogP contribution is 2.21. The number of nitrogens with zero attached hydrogens (tertiary/aromatic N) is 2. The lowest BCUT2D eigenvalue weighted by Crippen LogP contribution is -2.15. The zero-order valence-electron chi connectivity index (χ0n) is 10.3. The van der Waals surface area contributed by atoms with Crippen molar-refractivity contribution in [1.29, 1.82) is 0 Å². The van der Waals surface area contributed by atoms with Crippen molar-refractivity contribution in [1.82, 2.24) is 9.97 Å². The lowest BCUT2D eigenvalue weighted by atomic mass is 10.3. The van der Waals surface area contributed by atoms with E-state index in [2.05, 4.69) is 15.3 Å². The smallest absolute Gasteiger partial charge is 0.354 e. The highest BCUT2D eigenvalue weighted by molar-refractivity contribution is 7.15. The van der Waals surface area contributed by atoms with Crippen LogP contribution in [-0.4, -0.2) is 27.0 Å². The highest BCUT2D eigenvalue weighted by atomic mass is 32.1. The summed E-state index contributed by atoms with van der Waals surface area (Å²) in [7, 11) is 0. The molecule has 0 bridgehead atoms. The van der Waals surface area contributed by atoms with Crippen LogP contribution in [0.4, 0.5) is 5.13 Å². The molecule has 7 heteroatoms. The van der Waals surface area contributed by atoms with Gasteiger partial charge in [-0.2, -0.15) is 0 Å². The van der Waals surface area contributed by atoms with Crippen molar-refractivity contribution in [2.24, 2.45) is 0 Å². The lowest BCUT2D eigenvalue weighted by molar-refractivity contribution is 0.0690. The third-order valence-corrected chi connectivity index (χ3v) is 3.44. The van der Waals surface area contributed by atoms with E-state index in [1.165, 1.54) is 29.5 Å². The summed E-state index contributed by atoms with van der Waals surface area (Å²) in [6, 6.07) is 4.26. The number of carboxylic acids is 1. The fourth-order valence-electron chi connectivity index (χ4n) is 1.37. The molecule has 0 fully saturated rings. The first kappa shape index (κ1) is 13.2. The summed E-state index contributed by atoms with van der Waals surface area (Å²) in [6.45, 7) is 3.76. The van der Waals surface area contributed by atoms with Crippen molar-refractivity contribution in [2.75, 3.05) is 5.32 Å². The van der Waals surface area contributed by atoms with Crippen molar-refractivity contribution in [3.05, 3.63) is 40.2 Å². The van der Waals surface area contributed by atoms with Gasteiger partial charge in [0, 0.05) is 4.88 Å². The summed E-state index contributed by atoms with van der Waals surface area (Å²) < 4.78 is 0. The van der Waals surface area contributed by atoms with Crippen LogP contribution in [-0.2, 0) is 0 Å². The monoisotopic (exact) mass is 277 g/mol. The van der Waals surface area contributed by atoms with Gasteiger partial charge in [-0.25, -0.2) is 14.8 Å². The molecule has 0 saturated heterocycles. The van der Waals surface area contributed by atoms with E-state index < -0.39 is 11.9 Å². The maximum absolute atomic E-state index is 11.9. The molecule has 0 radical (unpaired) electrons. The molecule has 2 N–H and O–H groups in total. The van der Waals surface area contributed by atoms with Gasteiger partial charge in [-0.1, -0.05) is 6.07 Å². The number of carbonyl (C=O) groups excluding carboxylic acids is 1. The molecule has 19 heavy (non-hydrogen) atoms. The molecule has 0 atom stereocenters. The molecular formula is C12H11N3O3S. The van der Waals surface area contributed by atoms with Gasteiger partial charge >= 0.3 is 5.97 Å².